The molecule has 0 aromatic heterocycles. The van der Waals surface area contributed by atoms with Gasteiger partial charge in [0.15, 0.2) is 0 Å². The van der Waals surface area contributed by atoms with Gasteiger partial charge in [0, 0.05) is 5.69 Å². The number of hydrogen-bond acceptors (Lipinski definition) is 3. The van der Waals surface area contributed by atoms with Crippen molar-refractivity contribution in [3.8, 4) is 0 Å². The molecule has 0 amide bonds. The van der Waals surface area contributed by atoms with Crippen molar-refractivity contribution >= 4 is 37.3 Å². The zero-order chi connectivity index (χ0) is 15.8. The Kier molecular flexibility index (Phi) is 4.25. The summed E-state index contributed by atoms with van der Waals surface area (Å²) in [5, 5.41) is 0. The predicted octanol–water partition coefficient (Wildman–Crippen LogP) is 3.59. The minimum absolute atomic E-state index is 0.111. The molecule has 2 aromatic rings. The lowest BCUT2D eigenvalue weighted by atomic mass is 10.2. The van der Waals surface area contributed by atoms with Gasteiger partial charge in [0.05, 0.1) is 15.1 Å². The first-order valence-electron chi connectivity index (χ1n) is 6.05. The van der Waals surface area contributed by atoms with Crippen LogP contribution in [0.25, 0.3) is 0 Å². The van der Waals surface area contributed by atoms with E-state index < -0.39 is 15.8 Å². The molecule has 0 spiro atoms. The highest BCUT2D eigenvalue weighted by Gasteiger charge is 2.18. The van der Waals surface area contributed by atoms with Gasteiger partial charge >= 0.3 is 0 Å². The van der Waals surface area contributed by atoms with Gasteiger partial charge in [-0.3, -0.25) is 4.72 Å². The van der Waals surface area contributed by atoms with E-state index in [1.807, 2.05) is 0 Å². The fourth-order valence-electron chi connectivity index (χ4n) is 1.93. The summed E-state index contributed by atoms with van der Waals surface area (Å²) in [5.41, 5.74) is 7.44. The second kappa shape index (κ2) is 5.65. The molecule has 0 aliphatic heterocycles. The highest BCUT2D eigenvalue weighted by atomic mass is 79.9. The van der Waals surface area contributed by atoms with Crippen molar-refractivity contribution in [2.45, 2.75) is 18.7 Å². The highest BCUT2D eigenvalue weighted by Crippen LogP contribution is 2.27. The number of aryl methyl sites for hydroxylation is 2. The number of anilines is 2. The number of nitrogens with two attached hydrogens (primary N) is 1. The molecule has 112 valence electrons. The molecular weight excluding hydrogens is 359 g/mol. The molecule has 0 saturated heterocycles. The molecule has 0 aliphatic carbocycles. The van der Waals surface area contributed by atoms with E-state index in [1.165, 1.54) is 18.2 Å². The number of rotatable bonds is 3. The zero-order valence-electron chi connectivity index (χ0n) is 11.4. The fraction of sp³-hybridized carbons (Fsp3) is 0.143. The van der Waals surface area contributed by atoms with Crippen LogP contribution >= 0.6 is 15.9 Å². The standard InChI is InChI=1S/C14H14BrFN2O2S/c1-8-6-11(15)12(16)7-13(8)18-21(19,20)14-4-3-10(17)5-9(14)2/h3-7,18H,17H2,1-2H3. The van der Waals surface area contributed by atoms with E-state index in [9.17, 15) is 12.8 Å². The Hall–Kier alpha value is -1.60. The summed E-state index contributed by atoms with van der Waals surface area (Å²) in [6.07, 6.45) is 0. The molecule has 0 heterocycles. The Morgan fingerprint density at radius 3 is 2.43 bits per heavy atom. The van der Waals surface area contributed by atoms with Crippen molar-refractivity contribution in [2.75, 3.05) is 10.5 Å². The Labute approximate surface area is 131 Å². The van der Waals surface area contributed by atoms with Crippen LogP contribution in [0, 0.1) is 19.7 Å². The average Bonchev–Trinajstić information content (AvgIpc) is 2.35. The van der Waals surface area contributed by atoms with Gasteiger partial charge in [0.1, 0.15) is 5.82 Å². The Bertz CT molecular complexity index is 807. The van der Waals surface area contributed by atoms with E-state index in [-0.39, 0.29) is 15.1 Å². The van der Waals surface area contributed by atoms with Gasteiger partial charge in [-0.1, -0.05) is 0 Å². The summed E-state index contributed by atoms with van der Waals surface area (Å²) in [4.78, 5) is 0.111. The van der Waals surface area contributed by atoms with Gasteiger partial charge in [0.2, 0.25) is 0 Å². The third-order valence-electron chi connectivity index (χ3n) is 3.00. The maximum Gasteiger partial charge on any atom is 0.262 e. The van der Waals surface area contributed by atoms with Gasteiger partial charge in [-0.05, 0) is 71.2 Å². The van der Waals surface area contributed by atoms with E-state index in [2.05, 4.69) is 20.7 Å². The molecule has 7 heteroatoms. The average molecular weight is 373 g/mol. The minimum atomic E-state index is -3.80. The van der Waals surface area contributed by atoms with Crippen LogP contribution in [0.1, 0.15) is 11.1 Å². The second-order valence-electron chi connectivity index (χ2n) is 4.71. The number of sulfonamides is 1. The summed E-state index contributed by atoms with van der Waals surface area (Å²) in [6, 6.07) is 7.17. The molecule has 0 atom stereocenters. The molecule has 0 saturated carbocycles. The lowest BCUT2D eigenvalue weighted by molar-refractivity contribution is 0.600. The molecule has 0 fully saturated rings. The van der Waals surface area contributed by atoms with Crippen LogP contribution in [0.2, 0.25) is 0 Å². The van der Waals surface area contributed by atoms with Crippen molar-refractivity contribution in [3.63, 3.8) is 0 Å². The summed E-state index contributed by atoms with van der Waals surface area (Å²) < 4.78 is 41.0. The highest BCUT2D eigenvalue weighted by molar-refractivity contribution is 9.10. The Balaban J connectivity index is 2.45. The van der Waals surface area contributed by atoms with Gasteiger partial charge < -0.3 is 5.73 Å². The molecule has 0 aliphatic rings. The molecule has 0 unspecified atom stereocenters. The molecule has 21 heavy (non-hydrogen) atoms. The van der Waals surface area contributed by atoms with E-state index in [0.29, 0.717) is 16.8 Å². The molecule has 2 rings (SSSR count). The van der Waals surface area contributed by atoms with E-state index in [4.69, 9.17) is 5.73 Å². The van der Waals surface area contributed by atoms with Crippen molar-refractivity contribution in [2.24, 2.45) is 0 Å². The van der Waals surface area contributed by atoms with Gasteiger partial charge in [-0.2, -0.15) is 0 Å². The quantitative estimate of drug-likeness (QED) is 0.808. The first-order chi connectivity index (χ1) is 9.70. The summed E-state index contributed by atoms with van der Waals surface area (Å²) >= 11 is 3.06. The van der Waals surface area contributed by atoms with Crippen molar-refractivity contribution in [1.29, 1.82) is 0 Å². The Morgan fingerprint density at radius 1 is 1.14 bits per heavy atom. The second-order valence-corrected chi connectivity index (χ2v) is 7.22. The molecule has 4 nitrogen and oxygen atoms in total. The van der Waals surface area contributed by atoms with E-state index in [1.54, 1.807) is 19.9 Å². The lowest BCUT2D eigenvalue weighted by Gasteiger charge is -2.13. The van der Waals surface area contributed by atoms with Crippen LogP contribution in [-0.2, 0) is 10.0 Å². The van der Waals surface area contributed by atoms with Crippen LogP contribution in [-0.4, -0.2) is 8.42 Å². The van der Waals surface area contributed by atoms with E-state index >= 15 is 0 Å². The van der Waals surface area contributed by atoms with Crippen LogP contribution in [0.3, 0.4) is 0 Å². The summed E-state index contributed by atoms with van der Waals surface area (Å²) in [6.45, 7) is 3.35. The lowest BCUT2D eigenvalue weighted by Crippen LogP contribution is -2.15. The number of benzene rings is 2. The van der Waals surface area contributed by atoms with Crippen LogP contribution in [0.15, 0.2) is 39.7 Å². The van der Waals surface area contributed by atoms with Crippen LogP contribution in [0.5, 0.6) is 0 Å². The number of hydrogen-bond donors (Lipinski definition) is 2. The molecule has 0 bridgehead atoms. The number of nitrogens with one attached hydrogen (secondary N) is 1. The molecule has 3 N–H and O–H groups in total. The molecular formula is C14H14BrFN2O2S. The third kappa shape index (κ3) is 3.36. The first kappa shape index (κ1) is 15.8. The predicted molar refractivity (Wildman–Crippen MR) is 85.2 cm³/mol. The van der Waals surface area contributed by atoms with Gasteiger partial charge in [-0.25, -0.2) is 12.8 Å². The fourth-order valence-corrected chi connectivity index (χ4v) is 3.74. The largest absolute Gasteiger partial charge is 0.399 e. The van der Waals surface area contributed by atoms with Crippen molar-refractivity contribution in [1.82, 2.24) is 0 Å². The zero-order valence-corrected chi connectivity index (χ0v) is 13.8. The first-order valence-corrected chi connectivity index (χ1v) is 8.33. The van der Waals surface area contributed by atoms with Crippen molar-refractivity contribution < 1.29 is 12.8 Å². The van der Waals surface area contributed by atoms with E-state index in [0.717, 1.165) is 6.07 Å². The summed E-state index contributed by atoms with van der Waals surface area (Å²) in [7, 11) is -3.80. The van der Waals surface area contributed by atoms with Crippen LogP contribution in [0.4, 0.5) is 15.8 Å². The van der Waals surface area contributed by atoms with Gasteiger partial charge in [-0.15, -0.1) is 0 Å². The van der Waals surface area contributed by atoms with Crippen molar-refractivity contribution in [3.05, 3.63) is 51.7 Å². The maximum absolute atomic E-state index is 13.6. The minimum Gasteiger partial charge on any atom is -0.399 e. The molecule has 2 aromatic carbocycles. The topological polar surface area (TPSA) is 72.2 Å². The van der Waals surface area contributed by atoms with Gasteiger partial charge in [0.25, 0.3) is 10.0 Å². The normalized spacial score (nSPS) is 11.4. The van der Waals surface area contributed by atoms with Crippen LogP contribution < -0.4 is 10.5 Å². The Morgan fingerprint density at radius 2 is 1.81 bits per heavy atom. The number of nitrogen functional groups attached to an aromatic ring is 1. The summed E-state index contributed by atoms with van der Waals surface area (Å²) in [5.74, 6) is -0.535. The maximum atomic E-state index is 13.6. The number of halogens is 2. The monoisotopic (exact) mass is 372 g/mol. The SMILES string of the molecule is Cc1cc(Br)c(F)cc1NS(=O)(=O)c1ccc(N)cc1C. The smallest absolute Gasteiger partial charge is 0.262 e. The third-order valence-corrected chi connectivity index (χ3v) is 5.13. The molecule has 0 radical (unpaired) electrons.